The molecular weight excluding hydrogens is 230 g/mol. The number of carbonyl (C=O) groups is 2. The van der Waals surface area contributed by atoms with E-state index in [2.05, 4.69) is 5.32 Å². The first kappa shape index (κ1) is 16.9. The Hall–Kier alpha value is -1.06. The van der Waals surface area contributed by atoms with Gasteiger partial charge in [-0.05, 0) is 32.6 Å². The molecule has 0 fully saturated rings. The standard InChI is InChI=1S/C14H27NO3/c1-6-13(5,7-2)15-11(16)10-14(8-3,9-4)12(17)18/h6-10H2,1-5H3,(H,15,16)(H,17,18). The van der Waals surface area contributed by atoms with Crippen LogP contribution < -0.4 is 5.32 Å². The Bertz CT molecular complexity index is 291. The van der Waals surface area contributed by atoms with Gasteiger partial charge in [0, 0.05) is 12.0 Å². The Morgan fingerprint density at radius 1 is 1.00 bits per heavy atom. The number of carbonyl (C=O) groups excluding carboxylic acids is 1. The molecule has 4 nitrogen and oxygen atoms in total. The number of aliphatic carboxylic acids is 1. The van der Waals surface area contributed by atoms with Gasteiger partial charge in [0.1, 0.15) is 0 Å². The average Bonchev–Trinajstić information content (AvgIpc) is 2.35. The van der Waals surface area contributed by atoms with Gasteiger partial charge in [-0.1, -0.05) is 27.7 Å². The van der Waals surface area contributed by atoms with Crippen LogP contribution in [0, 0.1) is 5.41 Å². The minimum absolute atomic E-state index is 0.0604. The molecule has 0 unspecified atom stereocenters. The first-order chi connectivity index (χ1) is 8.29. The number of hydrogen-bond donors (Lipinski definition) is 2. The molecule has 0 spiro atoms. The summed E-state index contributed by atoms with van der Waals surface area (Å²) in [7, 11) is 0. The molecule has 0 heterocycles. The van der Waals surface area contributed by atoms with Crippen molar-refractivity contribution < 1.29 is 14.7 Å². The SMILES string of the molecule is CCC(C)(CC)NC(=O)CC(CC)(CC)C(=O)O. The third kappa shape index (κ3) is 4.00. The minimum Gasteiger partial charge on any atom is -0.481 e. The van der Waals surface area contributed by atoms with Crippen LogP contribution in [-0.2, 0) is 9.59 Å². The van der Waals surface area contributed by atoms with Gasteiger partial charge in [-0.15, -0.1) is 0 Å². The van der Waals surface area contributed by atoms with Crippen LogP contribution in [0.1, 0.15) is 66.7 Å². The number of amides is 1. The van der Waals surface area contributed by atoms with Crippen molar-refractivity contribution >= 4 is 11.9 Å². The molecule has 1 amide bonds. The van der Waals surface area contributed by atoms with Gasteiger partial charge < -0.3 is 10.4 Å². The quantitative estimate of drug-likeness (QED) is 0.702. The zero-order chi connectivity index (χ0) is 14.4. The van der Waals surface area contributed by atoms with Crippen LogP contribution in [0.3, 0.4) is 0 Å². The number of carboxylic acids is 1. The van der Waals surface area contributed by atoms with Gasteiger partial charge in [0.2, 0.25) is 5.91 Å². The van der Waals surface area contributed by atoms with Gasteiger partial charge in [0.15, 0.2) is 0 Å². The van der Waals surface area contributed by atoms with Gasteiger partial charge in [-0.25, -0.2) is 0 Å². The van der Waals surface area contributed by atoms with E-state index in [-0.39, 0.29) is 17.9 Å². The molecular formula is C14H27NO3. The van der Waals surface area contributed by atoms with Gasteiger partial charge in [-0.2, -0.15) is 0 Å². The summed E-state index contributed by atoms with van der Waals surface area (Å²) in [6, 6.07) is 0. The molecule has 2 N–H and O–H groups in total. The predicted octanol–water partition coefficient (Wildman–Crippen LogP) is 2.96. The third-order valence-electron chi connectivity index (χ3n) is 4.31. The Balaban J connectivity index is 4.78. The molecule has 0 saturated carbocycles. The second kappa shape index (κ2) is 6.76. The van der Waals surface area contributed by atoms with Crippen LogP contribution in [0.2, 0.25) is 0 Å². The maximum absolute atomic E-state index is 12.0. The van der Waals surface area contributed by atoms with Crippen LogP contribution in [0.4, 0.5) is 0 Å². The van der Waals surface area contributed by atoms with Crippen molar-refractivity contribution in [1.29, 1.82) is 0 Å². The highest BCUT2D eigenvalue weighted by Gasteiger charge is 2.38. The van der Waals surface area contributed by atoms with Crippen LogP contribution in [0.15, 0.2) is 0 Å². The van der Waals surface area contributed by atoms with Crippen LogP contribution in [0.25, 0.3) is 0 Å². The maximum Gasteiger partial charge on any atom is 0.310 e. The average molecular weight is 257 g/mol. The van der Waals surface area contributed by atoms with E-state index in [0.717, 1.165) is 12.8 Å². The Labute approximate surface area is 110 Å². The lowest BCUT2D eigenvalue weighted by Crippen LogP contribution is -2.47. The van der Waals surface area contributed by atoms with Crippen molar-refractivity contribution in [2.75, 3.05) is 0 Å². The number of hydrogen-bond acceptors (Lipinski definition) is 2. The molecule has 106 valence electrons. The first-order valence-electron chi connectivity index (χ1n) is 6.83. The summed E-state index contributed by atoms with van der Waals surface area (Å²) in [5, 5.41) is 12.3. The largest absolute Gasteiger partial charge is 0.481 e. The number of rotatable bonds is 8. The fourth-order valence-corrected chi connectivity index (χ4v) is 1.99. The van der Waals surface area contributed by atoms with Crippen molar-refractivity contribution in [3.63, 3.8) is 0 Å². The highest BCUT2D eigenvalue weighted by Crippen LogP contribution is 2.31. The van der Waals surface area contributed by atoms with Crippen LogP contribution >= 0.6 is 0 Å². The zero-order valence-corrected chi connectivity index (χ0v) is 12.3. The van der Waals surface area contributed by atoms with E-state index in [0.29, 0.717) is 12.8 Å². The summed E-state index contributed by atoms with van der Waals surface area (Å²) in [4.78, 5) is 23.4. The number of nitrogens with one attached hydrogen (secondary N) is 1. The lowest BCUT2D eigenvalue weighted by Gasteiger charge is -2.31. The molecule has 0 aromatic heterocycles. The molecule has 4 heteroatoms. The molecule has 0 aliphatic carbocycles. The van der Waals surface area contributed by atoms with Crippen molar-refractivity contribution in [2.24, 2.45) is 5.41 Å². The first-order valence-corrected chi connectivity index (χ1v) is 6.83. The lowest BCUT2D eigenvalue weighted by molar-refractivity contribution is -0.152. The number of carboxylic acid groups (broad SMARTS) is 1. The van der Waals surface area contributed by atoms with Crippen LogP contribution in [-0.4, -0.2) is 22.5 Å². The van der Waals surface area contributed by atoms with Crippen molar-refractivity contribution in [3.05, 3.63) is 0 Å². The van der Waals surface area contributed by atoms with Crippen molar-refractivity contribution in [3.8, 4) is 0 Å². The molecule has 0 atom stereocenters. The lowest BCUT2D eigenvalue weighted by atomic mass is 9.78. The summed E-state index contributed by atoms with van der Waals surface area (Å²) < 4.78 is 0. The molecule has 0 rings (SSSR count). The van der Waals surface area contributed by atoms with Gasteiger partial charge in [-0.3, -0.25) is 9.59 Å². The van der Waals surface area contributed by atoms with E-state index >= 15 is 0 Å². The van der Waals surface area contributed by atoms with Crippen molar-refractivity contribution in [1.82, 2.24) is 5.32 Å². The van der Waals surface area contributed by atoms with Crippen molar-refractivity contribution in [2.45, 2.75) is 72.3 Å². The second-order valence-corrected chi connectivity index (χ2v) is 5.29. The molecule has 0 bridgehead atoms. The summed E-state index contributed by atoms with van der Waals surface area (Å²) in [6.07, 6.45) is 2.69. The summed E-state index contributed by atoms with van der Waals surface area (Å²) >= 11 is 0. The molecule has 0 saturated heterocycles. The second-order valence-electron chi connectivity index (χ2n) is 5.29. The van der Waals surface area contributed by atoms with E-state index in [1.54, 1.807) is 0 Å². The maximum atomic E-state index is 12.0. The normalized spacial score (nSPS) is 12.3. The van der Waals surface area contributed by atoms with E-state index in [9.17, 15) is 14.7 Å². The van der Waals surface area contributed by atoms with Gasteiger partial charge in [0.05, 0.1) is 5.41 Å². The molecule has 0 aromatic carbocycles. The smallest absolute Gasteiger partial charge is 0.310 e. The highest BCUT2D eigenvalue weighted by atomic mass is 16.4. The Morgan fingerprint density at radius 2 is 1.44 bits per heavy atom. The predicted molar refractivity (Wildman–Crippen MR) is 72.4 cm³/mol. The minimum atomic E-state index is -0.924. The fraction of sp³-hybridized carbons (Fsp3) is 0.857. The Kier molecular flexibility index (Phi) is 6.36. The topological polar surface area (TPSA) is 66.4 Å². The summed E-state index contributed by atoms with van der Waals surface area (Å²) in [5.41, 5.74) is -1.16. The zero-order valence-electron chi connectivity index (χ0n) is 12.3. The monoisotopic (exact) mass is 257 g/mol. The molecule has 18 heavy (non-hydrogen) atoms. The fourth-order valence-electron chi connectivity index (χ4n) is 1.99. The van der Waals surface area contributed by atoms with E-state index in [4.69, 9.17) is 0 Å². The molecule has 0 aliphatic rings. The summed E-state index contributed by atoms with van der Waals surface area (Å²) in [6.45, 7) is 9.68. The van der Waals surface area contributed by atoms with E-state index in [1.165, 1.54) is 0 Å². The molecule has 0 aliphatic heterocycles. The summed E-state index contributed by atoms with van der Waals surface area (Å²) in [5.74, 6) is -1.04. The van der Waals surface area contributed by atoms with Crippen LogP contribution in [0.5, 0.6) is 0 Å². The molecule has 0 aromatic rings. The molecule has 0 radical (unpaired) electrons. The highest BCUT2D eigenvalue weighted by molar-refractivity contribution is 5.85. The third-order valence-corrected chi connectivity index (χ3v) is 4.31. The Morgan fingerprint density at radius 3 is 1.72 bits per heavy atom. The van der Waals surface area contributed by atoms with Gasteiger partial charge >= 0.3 is 5.97 Å². The van der Waals surface area contributed by atoms with E-state index < -0.39 is 11.4 Å². The van der Waals surface area contributed by atoms with Gasteiger partial charge in [0.25, 0.3) is 0 Å². The van der Waals surface area contributed by atoms with E-state index in [1.807, 2.05) is 34.6 Å².